The van der Waals surface area contributed by atoms with Gasteiger partial charge in [0.2, 0.25) is 12.6 Å². The summed E-state index contributed by atoms with van der Waals surface area (Å²) in [7, 11) is 2.39. The summed E-state index contributed by atoms with van der Waals surface area (Å²) in [6.45, 7) is 6.97. The van der Waals surface area contributed by atoms with Crippen molar-refractivity contribution in [3.63, 3.8) is 0 Å². The largest absolute Gasteiger partial charge is 0.471 e. The van der Waals surface area contributed by atoms with Crippen molar-refractivity contribution in [1.82, 2.24) is 4.90 Å². The average Bonchev–Trinajstić information content (AvgIpc) is 3.80. The summed E-state index contributed by atoms with van der Waals surface area (Å²) in [4.78, 5) is 31.5. The number of nitrogens with zero attached hydrogens (tertiary/aromatic N) is 2. The van der Waals surface area contributed by atoms with Crippen molar-refractivity contribution >= 4 is 17.6 Å². The van der Waals surface area contributed by atoms with Crippen LogP contribution in [0.5, 0.6) is 0 Å². The van der Waals surface area contributed by atoms with Gasteiger partial charge in [-0.2, -0.15) is 0 Å². The fourth-order valence-electron chi connectivity index (χ4n) is 10.5. The lowest BCUT2D eigenvalue weighted by Crippen LogP contribution is -2.61. The van der Waals surface area contributed by atoms with E-state index in [0.717, 1.165) is 12.5 Å². The number of carbonyl (C=O) groups excluding carboxylic acids is 2. The number of ether oxygens (including phenoxy) is 8. The van der Waals surface area contributed by atoms with E-state index >= 15 is 0 Å². The standard InChI is InChI=1S/C44H56N2O19/c1-5-19-21(23(37(55)58-3)17-60-39(19)64-41-35(53)33(51)31(49)28(15-47)62-41)13-27-22(14-46-26-10-8-7-9-25(26)44(57)11-12-45(27)43(44)46)30-20(6-2)40(61-18-24(30)38(56)59-4)65-42-36(54)34(52)32(50)29(16-48)63-42/h5-10,14,17-21,27-36,39-43,47-54,57H,1-2,11-13,15-16H2,3-4H3/t19-,20-,21+,27+,28-,29-,30-,31-,32-,33+,34+,35-,36-,39+,40+,41+,42+,43-,44-/m1/s1. The van der Waals surface area contributed by atoms with Crippen LogP contribution in [0.15, 0.2) is 85.0 Å². The molecule has 356 valence electrons. The molecule has 0 bridgehead atoms. The van der Waals surface area contributed by atoms with E-state index in [2.05, 4.69) is 18.1 Å². The van der Waals surface area contributed by atoms with E-state index in [0.29, 0.717) is 23.4 Å². The molecule has 0 amide bonds. The molecule has 19 atom stereocenters. The van der Waals surface area contributed by atoms with Gasteiger partial charge in [-0.05, 0) is 24.5 Å². The molecule has 0 aromatic heterocycles. The molecule has 65 heavy (non-hydrogen) atoms. The van der Waals surface area contributed by atoms with Crippen LogP contribution in [0, 0.1) is 23.7 Å². The van der Waals surface area contributed by atoms with E-state index in [-0.39, 0.29) is 24.0 Å². The third-order valence-electron chi connectivity index (χ3n) is 13.8. The Morgan fingerprint density at radius 2 is 1.31 bits per heavy atom. The van der Waals surface area contributed by atoms with Gasteiger partial charge in [0.05, 0.1) is 57.0 Å². The first-order valence-corrected chi connectivity index (χ1v) is 21.3. The Kier molecular flexibility index (Phi) is 13.6. The van der Waals surface area contributed by atoms with Gasteiger partial charge < -0.3 is 88.8 Å². The maximum atomic E-state index is 13.9. The number of hydrogen-bond acceptors (Lipinski definition) is 21. The van der Waals surface area contributed by atoms with Crippen LogP contribution in [-0.2, 0) is 53.1 Å². The minimum atomic E-state index is -1.80. The first-order valence-electron chi connectivity index (χ1n) is 21.3. The van der Waals surface area contributed by atoms with E-state index in [1.54, 1.807) is 0 Å². The zero-order valence-electron chi connectivity index (χ0n) is 35.5. The first-order chi connectivity index (χ1) is 31.2. The zero-order chi connectivity index (χ0) is 46.6. The number of esters is 2. The van der Waals surface area contributed by atoms with Crippen molar-refractivity contribution in [2.24, 2.45) is 23.7 Å². The van der Waals surface area contributed by atoms with Crippen molar-refractivity contribution in [3.05, 3.63) is 90.6 Å². The van der Waals surface area contributed by atoms with E-state index in [1.807, 2.05) is 35.4 Å². The number of rotatable bonds is 13. The predicted molar refractivity (Wildman–Crippen MR) is 218 cm³/mol. The van der Waals surface area contributed by atoms with Gasteiger partial charge in [-0.1, -0.05) is 30.4 Å². The van der Waals surface area contributed by atoms with Gasteiger partial charge in [-0.15, -0.1) is 13.2 Å². The second kappa shape index (κ2) is 18.8. The highest BCUT2D eigenvalue weighted by Gasteiger charge is 2.62. The van der Waals surface area contributed by atoms with Gasteiger partial charge in [0, 0.05) is 47.8 Å². The lowest BCUT2D eigenvalue weighted by Gasteiger charge is -2.50. The van der Waals surface area contributed by atoms with Crippen molar-refractivity contribution in [3.8, 4) is 0 Å². The van der Waals surface area contributed by atoms with Crippen LogP contribution in [0.2, 0.25) is 0 Å². The summed E-state index contributed by atoms with van der Waals surface area (Å²) in [6.07, 6.45) is -12.4. The molecule has 0 aliphatic carbocycles. The summed E-state index contributed by atoms with van der Waals surface area (Å²) in [5.41, 5.74) is 0.586. The highest BCUT2D eigenvalue weighted by atomic mass is 16.8. The van der Waals surface area contributed by atoms with Crippen molar-refractivity contribution < 1.29 is 93.4 Å². The second-order valence-electron chi connectivity index (χ2n) is 17.1. The van der Waals surface area contributed by atoms with Gasteiger partial charge in [-0.3, -0.25) is 4.90 Å². The Balaban J connectivity index is 1.22. The summed E-state index contributed by atoms with van der Waals surface area (Å²) in [5, 5.41) is 96.1. The van der Waals surface area contributed by atoms with Crippen LogP contribution in [0.3, 0.4) is 0 Å². The normalized spacial score (nSPS) is 42.3. The molecule has 21 heteroatoms. The number of fused-ring (bicyclic) bond motifs is 3. The molecule has 7 aliphatic heterocycles. The molecular weight excluding hydrogens is 860 g/mol. The van der Waals surface area contributed by atoms with Gasteiger partial charge in [0.25, 0.3) is 0 Å². The number of aliphatic hydroxyl groups excluding tert-OH is 8. The third-order valence-corrected chi connectivity index (χ3v) is 13.8. The van der Waals surface area contributed by atoms with Gasteiger partial charge in [0.15, 0.2) is 12.6 Å². The molecule has 8 rings (SSSR count). The molecule has 9 N–H and O–H groups in total. The average molecular weight is 917 g/mol. The maximum absolute atomic E-state index is 13.9. The molecule has 0 saturated carbocycles. The summed E-state index contributed by atoms with van der Waals surface area (Å²) < 4.78 is 46.0. The zero-order valence-corrected chi connectivity index (χ0v) is 35.5. The number of hydrogen-bond donors (Lipinski definition) is 9. The summed E-state index contributed by atoms with van der Waals surface area (Å²) in [6, 6.07) is 6.58. The summed E-state index contributed by atoms with van der Waals surface area (Å²) in [5.74, 6) is -5.41. The summed E-state index contributed by atoms with van der Waals surface area (Å²) >= 11 is 0. The quantitative estimate of drug-likeness (QED) is 0.0741. The topological polar surface area (TPSA) is 297 Å². The van der Waals surface area contributed by atoms with Crippen molar-refractivity contribution in [1.29, 1.82) is 0 Å². The second-order valence-corrected chi connectivity index (χ2v) is 17.1. The van der Waals surface area contributed by atoms with Gasteiger partial charge in [0.1, 0.15) is 60.6 Å². The van der Waals surface area contributed by atoms with Crippen molar-refractivity contribution in [2.75, 3.05) is 38.9 Å². The van der Waals surface area contributed by atoms with Crippen molar-refractivity contribution in [2.45, 2.75) is 105 Å². The van der Waals surface area contributed by atoms with Gasteiger partial charge >= 0.3 is 11.9 Å². The van der Waals surface area contributed by atoms with E-state index in [9.17, 15) is 55.5 Å². The molecule has 0 unspecified atom stereocenters. The predicted octanol–water partition coefficient (Wildman–Crippen LogP) is -2.32. The van der Waals surface area contributed by atoms with Gasteiger partial charge in [-0.25, -0.2) is 9.59 Å². The van der Waals surface area contributed by atoms with Crippen LogP contribution >= 0.6 is 0 Å². The number of methoxy groups -OCH3 is 2. The smallest absolute Gasteiger partial charge is 0.337 e. The molecule has 7 heterocycles. The number of carbonyl (C=O) groups is 2. The Labute approximate surface area is 373 Å². The molecular formula is C44H56N2O19. The number of aliphatic hydroxyl groups is 9. The van der Waals surface area contributed by atoms with E-state index in [4.69, 9.17) is 37.9 Å². The Hall–Kier alpha value is -4.30. The highest BCUT2D eigenvalue weighted by molar-refractivity contribution is 5.90. The van der Waals surface area contributed by atoms with Crippen LogP contribution in [0.25, 0.3) is 0 Å². The number of para-hydroxylation sites is 1. The third kappa shape index (κ3) is 7.89. The minimum Gasteiger partial charge on any atom is -0.471 e. The maximum Gasteiger partial charge on any atom is 0.337 e. The van der Waals surface area contributed by atoms with Crippen LogP contribution in [0.4, 0.5) is 5.69 Å². The molecule has 0 radical (unpaired) electrons. The molecule has 3 saturated heterocycles. The first kappa shape index (κ1) is 47.2. The lowest BCUT2D eigenvalue weighted by molar-refractivity contribution is -0.339. The fraction of sp³-hybridized carbons (Fsp3) is 0.591. The molecule has 1 aromatic rings. The SMILES string of the molecule is C=C[C@H]1[C@H](O[C@@H]2O[C@H](CO)[C@@H](O)[C@H](O)[C@H]2O)OC=C(C(=O)OC)[C@H]1C1=CN2c3ccccc3[C@]3(O)CCN([C@H]1C[C@@H]1C(C(=O)OC)=CO[C@@H](O[C@@H]4O[C@H](CO)[C@@H](O)[C@H](O)[C@H]4O)[C@@H]1C=C)[C@H]23. The molecule has 0 spiro atoms. The molecule has 3 fully saturated rings. The van der Waals surface area contributed by atoms with Crippen LogP contribution < -0.4 is 4.90 Å². The Morgan fingerprint density at radius 3 is 1.86 bits per heavy atom. The monoisotopic (exact) mass is 916 g/mol. The molecule has 7 aliphatic rings. The lowest BCUT2D eigenvalue weighted by atomic mass is 9.71. The Bertz CT molecular complexity index is 2060. The number of benzene rings is 1. The molecule has 21 nitrogen and oxygen atoms in total. The number of anilines is 1. The minimum absolute atomic E-state index is 0.0162. The van der Waals surface area contributed by atoms with E-state index in [1.165, 1.54) is 26.4 Å². The van der Waals surface area contributed by atoms with Crippen LogP contribution in [0.1, 0.15) is 18.4 Å². The van der Waals surface area contributed by atoms with Crippen LogP contribution in [-0.4, -0.2) is 183 Å². The highest BCUT2D eigenvalue weighted by Crippen LogP contribution is 2.57. The molecule has 1 aromatic carbocycles. The van der Waals surface area contributed by atoms with E-state index < -0.39 is 141 Å². The Morgan fingerprint density at radius 1 is 0.769 bits per heavy atom. The fourth-order valence-corrected chi connectivity index (χ4v) is 10.5.